The smallest absolute Gasteiger partial charge is 0.225 e. The molecule has 0 spiro atoms. The summed E-state index contributed by atoms with van der Waals surface area (Å²) in [5.74, 6) is 1.76. The summed E-state index contributed by atoms with van der Waals surface area (Å²) < 4.78 is 0. The first-order valence-corrected chi connectivity index (χ1v) is 8.48. The van der Waals surface area contributed by atoms with Crippen LogP contribution in [0.1, 0.15) is 5.56 Å². The second-order valence-corrected chi connectivity index (χ2v) is 6.13. The van der Waals surface area contributed by atoms with Crippen molar-refractivity contribution in [1.29, 1.82) is 0 Å². The van der Waals surface area contributed by atoms with Crippen molar-refractivity contribution in [2.24, 2.45) is 0 Å². The number of rotatable bonds is 3. The molecule has 2 aromatic heterocycles. The third-order valence-electron chi connectivity index (χ3n) is 4.44. The fourth-order valence-corrected chi connectivity index (χ4v) is 3.11. The summed E-state index contributed by atoms with van der Waals surface area (Å²) in [5.41, 5.74) is 3.16. The summed E-state index contributed by atoms with van der Waals surface area (Å²) in [6.45, 7) is 5.64. The molecule has 1 saturated heterocycles. The molecule has 2 N–H and O–H groups in total. The van der Waals surface area contributed by atoms with Gasteiger partial charge in [0.25, 0.3) is 0 Å². The van der Waals surface area contributed by atoms with Crippen LogP contribution >= 0.6 is 24.8 Å². The summed E-state index contributed by atoms with van der Waals surface area (Å²) >= 11 is 0. The van der Waals surface area contributed by atoms with Crippen LogP contribution in [0.3, 0.4) is 0 Å². The number of hydrogen-bond acceptors (Lipinski definition) is 6. The van der Waals surface area contributed by atoms with Gasteiger partial charge in [0.05, 0.1) is 5.69 Å². The summed E-state index contributed by atoms with van der Waals surface area (Å²) in [4.78, 5) is 13.2. The molecule has 0 unspecified atom stereocenters. The molecule has 9 heteroatoms. The predicted octanol–water partition coefficient (Wildman–Crippen LogP) is 2.59. The van der Waals surface area contributed by atoms with Crippen LogP contribution < -0.4 is 9.80 Å². The topological polar surface area (TPSA) is 89.5 Å². The molecule has 0 bridgehead atoms. The van der Waals surface area contributed by atoms with Gasteiger partial charge < -0.3 is 15.3 Å². The molecule has 1 aliphatic rings. The number of nitrogens with zero attached hydrogens (tertiary/aromatic N) is 6. The van der Waals surface area contributed by atoms with Crippen molar-refractivity contribution in [3.63, 3.8) is 0 Å². The van der Waals surface area contributed by atoms with E-state index in [1.165, 1.54) is 0 Å². The summed E-state index contributed by atoms with van der Waals surface area (Å²) in [6, 6.07) is 14.1. The fraction of sp³-hybridized carbons (Fsp3) is 0.263. The first-order chi connectivity index (χ1) is 12.3. The van der Waals surface area contributed by atoms with Gasteiger partial charge in [0.2, 0.25) is 5.95 Å². The molecule has 3 heterocycles. The lowest BCUT2D eigenvalue weighted by atomic mass is 10.1. The van der Waals surface area contributed by atoms with E-state index in [-0.39, 0.29) is 30.3 Å². The lowest BCUT2D eigenvalue weighted by molar-refractivity contribution is 0.630. The highest BCUT2D eigenvalue weighted by Gasteiger charge is 2.21. The van der Waals surface area contributed by atoms with Crippen LogP contribution in [0.5, 0.6) is 0 Å². The van der Waals surface area contributed by atoms with Gasteiger partial charge in [-0.25, -0.2) is 9.97 Å². The van der Waals surface area contributed by atoms with E-state index in [9.17, 15) is 0 Å². The molecule has 0 radical (unpaired) electrons. The van der Waals surface area contributed by atoms with Crippen molar-refractivity contribution in [1.82, 2.24) is 20.2 Å². The van der Waals surface area contributed by atoms with Gasteiger partial charge in [-0.2, -0.15) is 0 Å². The number of anilines is 2. The normalized spacial score (nSPS) is 13.0. The Morgan fingerprint density at radius 2 is 1.39 bits per heavy atom. The van der Waals surface area contributed by atoms with Crippen molar-refractivity contribution in [2.75, 3.05) is 36.0 Å². The molecule has 0 aliphatic carbocycles. The maximum atomic E-state index is 4.50. The molecule has 28 heavy (non-hydrogen) atoms. The van der Waals surface area contributed by atoms with Crippen molar-refractivity contribution >= 4 is 36.6 Å². The fourth-order valence-electron chi connectivity index (χ4n) is 3.11. The van der Waals surface area contributed by atoms with Gasteiger partial charge in [0.15, 0.2) is 5.82 Å². The maximum Gasteiger partial charge on any atom is 0.225 e. The monoisotopic (exact) mass is 422 g/mol. The van der Waals surface area contributed by atoms with E-state index in [0.717, 1.165) is 54.8 Å². The second-order valence-electron chi connectivity index (χ2n) is 6.13. The Labute approximate surface area is 177 Å². The van der Waals surface area contributed by atoms with E-state index < -0.39 is 0 Å². The summed E-state index contributed by atoms with van der Waals surface area (Å²) in [6.07, 6.45) is 3.57. The number of piperazine rings is 1. The number of aryl methyl sites for hydroxylation is 1. The molecule has 150 valence electrons. The number of aromatic nitrogens is 4. The second kappa shape index (κ2) is 10.8. The van der Waals surface area contributed by atoms with Crippen molar-refractivity contribution in [2.45, 2.75) is 6.92 Å². The molecular formula is C19H24Cl2N6O. The lowest BCUT2D eigenvalue weighted by Gasteiger charge is -2.35. The van der Waals surface area contributed by atoms with Gasteiger partial charge in [-0.15, -0.1) is 35.0 Å². The van der Waals surface area contributed by atoms with E-state index in [4.69, 9.17) is 0 Å². The van der Waals surface area contributed by atoms with E-state index in [1.807, 2.05) is 24.3 Å². The highest BCUT2D eigenvalue weighted by molar-refractivity contribution is 5.85. The zero-order valence-electron chi connectivity index (χ0n) is 15.5. The van der Waals surface area contributed by atoms with Gasteiger partial charge in [0, 0.05) is 44.1 Å². The van der Waals surface area contributed by atoms with E-state index >= 15 is 0 Å². The van der Waals surface area contributed by atoms with Crippen LogP contribution in [-0.4, -0.2) is 51.8 Å². The Balaban J connectivity index is 0.00000131. The van der Waals surface area contributed by atoms with Gasteiger partial charge in [0.1, 0.15) is 0 Å². The van der Waals surface area contributed by atoms with E-state index in [0.29, 0.717) is 0 Å². The van der Waals surface area contributed by atoms with Crippen LogP contribution in [-0.2, 0) is 0 Å². The molecule has 3 aromatic rings. The number of benzene rings is 1. The SMILES string of the molecule is Cc1cc(-c2ccccc2)nnc1N1CCN(c2ncccn2)CC1.Cl.Cl.O. The molecule has 1 aromatic carbocycles. The van der Waals surface area contributed by atoms with Crippen LogP contribution in [0.2, 0.25) is 0 Å². The lowest BCUT2D eigenvalue weighted by Crippen LogP contribution is -2.47. The standard InChI is InChI=1S/C19H20N6.2ClH.H2O/c1-15-14-17(16-6-3-2-4-7-16)22-23-18(15)24-10-12-25(13-11-24)19-20-8-5-9-21-19;;;/h2-9,14H,10-13H2,1H3;2*1H;1H2. The summed E-state index contributed by atoms with van der Waals surface area (Å²) in [5, 5.41) is 8.93. The molecule has 0 amide bonds. The van der Waals surface area contributed by atoms with Gasteiger partial charge in [-0.05, 0) is 24.6 Å². The van der Waals surface area contributed by atoms with Crippen LogP contribution in [0.15, 0.2) is 54.9 Å². The highest BCUT2D eigenvalue weighted by Crippen LogP contribution is 2.23. The van der Waals surface area contributed by atoms with Crippen LogP contribution in [0, 0.1) is 6.92 Å². The average Bonchev–Trinajstić information content (AvgIpc) is 2.69. The first-order valence-electron chi connectivity index (χ1n) is 8.48. The largest absolute Gasteiger partial charge is 0.412 e. The molecule has 7 nitrogen and oxygen atoms in total. The Morgan fingerprint density at radius 3 is 2.00 bits per heavy atom. The minimum atomic E-state index is 0. The van der Waals surface area contributed by atoms with Gasteiger partial charge in [-0.3, -0.25) is 0 Å². The minimum Gasteiger partial charge on any atom is -0.412 e. The van der Waals surface area contributed by atoms with Crippen LogP contribution in [0.4, 0.5) is 11.8 Å². The third kappa shape index (κ3) is 5.07. The van der Waals surface area contributed by atoms with Crippen molar-refractivity contribution in [3.8, 4) is 11.3 Å². The van der Waals surface area contributed by atoms with Crippen LogP contribution in [0.25, 0.3) is 11.3 Å². The van der Waals surface area contributed by atoms with E-state index in [1.54, 1.807) is 12.4 Å². The Kier molecular flexibility index (Phi) is 9.05. The third-order valence-corrected chi connectivity index (χ3v) is 4.44. The molecule has 0 atom stereocenters. The number of hydrogen-bond donors (Lipinski definition) is 0. The first kappa shape index (κ1) is 23.6. The molecule has 1 aliphatic heterocycles. The zero-order valence-corrected chi connectivity index (χ0v) is 17.2. The van der Waals surface area contributed by atoms with Crippen molar-refractivity contribution in [3.05, 3.63) is 60.4 Å². The molecule has 1 fully saturated rings. The maximum absolute atomic E-state index is 4.50. The quantitative estimate of drug-likeness (QED) is 0.643. The Hall–Kier alpha value is -2.48. The summed E-state index contributed by atoms with van der Waals surface area (Å²) in [7, 11) is 0. The predicted molar refractivity (Wildman–Crippen MR) is 117 cm³/mol. The minimum absolute atomic E-state index is 0. The van der Waals surface area contributed by atoms with Gasteiger partial charge >= 0.3 is 0 Å². The van der Waals surface area contributed by atoms with E-state index in [2.05, 4.69) is 55.1 Å². The highest BCUT2D eigenvalue weighted by atomic mass is 35.5. The Morgan fingerprint density at radius 1 is 0.786 bits per heavy atom. The number of halogens is 2. The molecule has 4 rings (SSSR count). The molecule has 0 saturated carbocycles. The Bertz CT molecular complexity index is 846. The van der Waals surface area contributed by atoms with Gasteiger partial charge in [-0.1, -0.05) is 30.3 Å². The van der Waals surface area contributed by atoms with Crippen molar-refractivity contribution < 1.29 is 5.48 Å². The molecular weight excluding hydrogens is 399 g/mol. The average molecular weight is 423 g/mol. The zero-order chi connectivity index (χ0) is 17.1.